The van der Waals surface area contributed by atoms with Gasteiger partial charge in [0.05, 0.1) is 11.3 Å². The smallest absolute Gasteiger partial charge is 0.272 e. The van der Waals surface area contributed by atoms with E-state index in [1.54, 1.807) is 23.1 Å². The van der Waals surface area contributed by atoms with E-state index in [9.17, 15) is 0 Å². The summed E-state index contributed by atoms with van der Waals surface area (Å²) in [6.45, 7) is 0. The molecule has 0 atom stereocenters. The van der Waals surface area contributed by atoms with E-state index < -0.39 is 10.2 Å². The van der Waals surface area contributed by atoms with E-state index in [2.05, 4.69) is 69.2 Å². The number of hydrogen-bond acceptors (Lipinski definition) is 9. The fourth-order valence-electron chi connectivity index (χ4n) is 3.50. The minimum Gasteiger partial charge on any atom is -0.336 e. The summed E-state index contributed by atoms with van der Waals surface area (Å²) in [5, 5.41) is 11.3. The lowest BCUT2D eigenvalue weighted by Gasteiger charge is -2.17. The third-order valence-corrected chi connectivity index (χ3v) is 7.88. The number of aryl methyl sites for hydroxylation is 1. The van der Waals surface area contributed by atoms with Crippen LogP contribution < -0.4 is 28.1 Å². The van der Waals surface area contributed by atoms with Gasteiger partial charge in [0.25, 0.3) is 5.01 Å². The van der Waals surface area contributed by atoms with Gasteiger partial charge in [0.2, 0.25) is 5.52 Å². The first kappa shape index (κ1) is 25.5. The van der Waals surface area contributed by atoms with Gasteiger partial charge in [-0.05, 0) is 30.3 Å². The van der Waals surface area contributed by atoms with E-state index in [0.717, 1.165) is 27.0 Å². The van der Waals surface area contributed by atoms with E-state index in [0.29, 0.717) is 5.16 Å². The van der Waals surface area contributed by atoms with Gasteiger partial charge in [0.15, 0.2) is 5.16 Å². The van der Waals surface area contributed by atoms with Gasteiger partial charge in [-0.25, -0.2) is 18.6 Å². The van der Waals surface area contributed by atoms with Gasteiger partial charge in [-0.15, -0.1) is 20.5 Å². The van der Waals surface area contributed by atoms with Crippen molar-refractivity contribution >= 4 is 56.3 Å². The predicted octanol–water partition coefficient (Wildman–Crippen LogP) is 2.33. The Hall–Kier alpha value is -2.54. The average molecular weight is 549 g/mol. The van der Waals surface area contributed by atoms with Crippen molar-refractivity contribution in [3.8, 4) is 10.6 Å². The standard InChI is InChI=1S/C23H18ClN4S2.ClHO4/c1-27-17-11-5-7-13-19(17)29-22(27)15-9-3-4-10-16(15)25-26-21(24)23-28(2)18-12-6-8-14-20(18)30-23;2-1(3,4)5/h3-14H,1-2H3;(H,2,3,4,5)/q+1;/p-1. The summed E-state index contributed by atoms with van der Waals surface area (Å²) < 4.78 is 37.4. The van der Waals surface area contributed by atoms with Crippen LogP contribution in [0.1, 0.15) is 0 Å². The first-order chi connectivity index (χ1) is 16.6. The predicted molar refractivity (Wildman–Crippen MR) is 127 cm³/mol. The molecule has 3 aromatic carbocycles. The largest absolute Gasteiger partial charge is 0.336 e. The maximum absolute atomic E-state index is 8.49. The van der Waals surface area contributed by atoms with Gasteiger partial charge in [-0.3, -0.25) is 0 Å². The average Bonchev–Trinajstić information content (AvgIpc) is 3.34. The van der Waals surface area contributed by atoms with Crippen LogP contribution in [0.3, 0.4) is 0 Å². The van der Waals surface area contributed by atoms with Crippen LogP contribution in [0.4, 0.5) is 11.4 Å². The normalized spacial score (nSPS) is 14.8. The molecular formula is C23H18Cl2N4O4S2. The summed E-state index contributed by atoms with van der Waals surface area (Å²) in [6, 6.07) is 24.6. The molecule has 5 rings (SSSR count). The van der Waals surface area contributed by atoms with Gasteiger partial charge in [0, 0.05) is 18.0 Å². The van der Waals surface area contributed by atoms with Crippen molar-refractivity contribution < 1.29 is 33.4 Å². The number of nitrogens with zero attached hydrogens (tertiary/aromatic N) is 4. The van der Waals surface area contributed by atoms with Crippen LogP contribution in [0.15, 0.2) is 98.1 Å². The maximum atomic E-state index is 8.49. The second-order valence-corrected chi connectivity index (χ2v) is 10.4. The van der Waals surface area contributed by atoms with Crippen molar-refractivity contribution in [3.63, 3.8) is 0 Å². The minimum absolute atomic E-state index is 0.384. The number of thiazole rings is 1. The van der Waals surface area contributed by atoms with Crippen molar-refractivity contribution in [2.75, 3.05) is 11.9 Å². The molecule has 0 amide bonds. The molecule has 0 saturated carbocycles. The molecule has 12 heteroatoms. The second kappa shape index (κ2) is 10.6. The number of fused-ring (bicyclic) bond motifs is 2. The lowest BCUT2D eigenvalue weighted by Crippen LogP contribution is -2.68. The Morgan fingerprint density at radius 3 is 2.29 bits per heavy atom. The zero-order valence-corrected chi connectivity index (χ0v) is 21.6. The molecule has 0 radical (unpaired) electrons. The summed E-state index contributed by atoms with van der Waals surface area (Å²) in [4.78, 5) is 3.22. The van der Waals surface area contributed by atoms with Crippen LogP contribution in [0.25, 0.3) is 20.8 Å². The molecule has 0 spiro atoms. The van der Waals surface area contributed by atoms with Crippen LogP contribution in [0, 0.1) is 10.2 Å². The molecule has 0 unspecified atom stereocenters. The van der Waals surface area contributed by atoms with Crippen LogP contribution in [0.5, 0.6) is 0 Å². The fourth-order valence-corrected chi connectivity index (χ4v) is 5.99. The number of para-hydroxylation sites is 2. The van der Waals surface area contributed by atoms with Gasteiger partial charge < -0.3 is 4.90 Å². The maximum Gasteiger partial charge on any atom is 0.272 e. The van der Waals surface area contributed by atoms with Gasteiger partial charge in [-0.1, -0.05) is 71.1 Å². The summed E-state index contributed by atoms with van der Waals surface area (Å²) in [5.74, 6) is 0. The van der Waals surface area contributed by atoms with E-state index in [1.165, 1.54) is 15.1 Å². The van der Waals surface area contributed by atoms with Crippen molar-refractivity contribution in [1.82, 2.24) is 0 Å². The van der Waals surface area contributed by atoms with E-state index in [1.807, 2.05) is 37.4 Å². The molecule has 0 N–H and O–H groups in total. The van der Waals surface area contributed by atoms with Gasteiger partial charge in [-0.2, -0.15) is 4.57 Å². The molecule has 8 nitrogen and oxygen atoms in total. The number of aromatic nitrogens is 1. The molecule has 0 saturated heterocycles. The number of hydrogen-bond donors (Lipinski definition) is 0. The Morgan fingerprint density at radius 1 is 0.943 bits per heavy atom. The van der Waals surface area contributed by atoms with Crippen LogP contribution in [-0.4, -0.2) is 7.05 Å². The van der Waals surface area contributed by atoms with E-state index >= 15 is 0 Å². The Bertz CT molecular complexity index is 1430. The molecule has 0 fully saturated rings. The summed E-state index contributed by atoms with van der Waals surface area (Å²) >= 11 is 9.93. The van der Waals surface area contributed by atoms with E-state index in [-0.39, 0.29) is 0 Å². The molecule has 35 heavy (non-hydrogen) atoms. The zero-order chi connectivity index (χ0) is 25.2. The summed E-state index contributed by atoms with van der Waals surface area (Å²) in [5.41, 5.74) is 4.16. The molecule has 1 aliphatic rings. The van der Waals surface area contributed by atoms with Crippen molar-refractivity contribution in [3.05, 3.63) is 83.0 Å². The number of halogens is 2. The number of benzene rings is 3. The SMILES string of the molecule is CN1/C(=C(\Cl)N=Nc2ccccc2-c2sc3ccccc3[n+]2C)Sc2ccccc21.[O-][Cl+3]([O-])([O-])[O-]. The first-order valence-electron chi connectivity index (χ1n) is 10.0. The molecule has 2 heterocycles. The highest BCUT2D eigenvalue weighted by atomic mass is 35.7. The minimum atomic E-state index is -4.94. The Kier molecular flexibility index (Phi) is 7.74. The van der Waals surface area contributed by atoms with Gasteiger partial charge in [0.1, 0.15) is 22.5 Å². The van der Waals surface area contributed by atoms with Crippen molar-refractivity contribution in [2.45, 2.75) is 4.90 Å². The highest BCUT2D eigenvalue weighted by molar-refractivity contribution is 8.03. The van der Waals surface area contributed by atoms with Crippen molar-refractivity contribution in [1.29, 1.82) is 0 Å². The monoisotopic (exact) mass is 548 g/mol. The molecule has 4 aromatic rings. The quantitative estimate of drug-likeness (QED) is 0.220. The number of rotatable bonds is 3. The third kappa shape index (κ3) is 6.00. The molecule has 180 valence electrons. The van der Waals surface area contributed by atoms with E-state index in [4.69, 9.17) is 30.2 Å². The molecule has 1 aromatic heterocycles. The summed E-state index contributed by atoms with van der Waals surface area (Å²) in [6.07, 6.45) is 0. The van der Waals surface area contributed by atoms with Crippen LogP contribution >= 0.6 is 34.7 Å². The Balaban J connectivity index is 0.000000527. The van der Waals surface area contributed by atoms with Crippen LogP contribution in [0.2, 0.25) is 0 Å². The molecular weight excluding hydrogens is 531 g/mol. The summed E-state index contributed by atoms with van der Waals surface area (Å²) in [7, 11) is -0.865. The topological polar surface area (TPSA) is 124 Å². The zero-order valence-electron chi connectivity index (χ0n) is 18.4. The third-order valence-electron chi connectivity index (χ3n) is 5.03. The highest BCUT2D eigenvalue weighted by Crippen LogP contribution is 2.47. The van der Waals surface area contributed by atoms with Crippen molar-refractivity contribution in [2.24, 2.45) is 17.3 Å². The fraction of sp³-hybridized carbons (Fsp3) is 0.0870. The number of anilines is 1. The number of azo groups is 1. The molecule has 0 aliphatic carbocycles. The van der Waals surface area contributed by atoms with Gasteiger partial charge >= 0.3 is 0 Å². The highest BCUT2D eigenvalue weighted by Gasteiger charge is 2.25. The molecule has 1 aliphatic heterocycles. The Morgan fingerprint density at radius 2 is 1.57 bits per heavy atom. The molecule has 0 bridgehead atoms. The van der Waals surface area contributed by atoms with Crippen LogP contribution in [-0.2, 0) is 7.05 Å². The lowest BCUT2D eigenvalue weighted by molar-refractivity contribution is -2.00. The lowest BCUT2D eigenvalue weighted by atomic mass is 10.2. The second-order valence-electron chi connectivity index (χ2n) is 7.25. The first-order valence-corrected chi connectivity index (χ1v) is 13.3. The Labute approximate surface area is 216 Å². The number of thioether (sulfide) groups is 1.